The Morgan fingerprint density at radius 2 is 1.49 bits per heavy atom. The lowest BCUT2D eigenvalue weighted by Gasteiger charge is -2.73. The van der Waals surface area contributed by atoms with E-state index in [1.165, 1.54) is 57.9 Å². The summed E-state index contributed by atoms with van der Waals surface area (Å²) in [6, 6.07) is 0. The van der Waals surface area contributed by atoms with Gasteiger partial charge in [-0.25, -0.2) is 0 Å². The Morgan fingerprint density at radius 3 is 2.21 bits per heavy atom. The normalized spacial score (nSPS) is 52.1. The van der Waals surface area contributed by atoms with Gasteiger partial charge in [0, 0.05) is 31.7 Å². The third-order valence-electron chi connectivity index (χ3n) is 15.4. The number of amides is 1. The zero-order chi connectivity index (χ0) is 28.0. The maximum absolute atomic E-state index is 14.7. The minimum Gasteiger partial charge on any atom is -0.340 e. The molecule has 0 aromatic heterocycles. The van der Waals surface area contributed by atoms with Crippen molar-refractivity contribution in [1.29, 1.82) is 0 Å². The van der Waals surface area contributed by atoms with Crippen molar-refractivity contribution in [3.05, 3.63) is 0 Å². The Morgan fingerprint density at radius 1 is 0.769 bits per heavy atom. The van der Waals surface area contributed by atoms with Crippen LogP contribution in [0.4, 0.5) is 0 Å². The Labute approximate surface area is 240 Å². The largest absolute Gasteiger partial charge is 0.340 e. The molecule has 2 saturated heterocycles. The zero-order valence-electron chi connectivity index (χ0n) is 26.9. The molecular weight excluding hydrogens is 478 g/mol. The van der Waals surface area contributed by atoms with Crippen LogP contribution in [0.1, 0.15) is 113 Å². The Kier molecular flexibility index (Phi) is 6.91. The van der Waals surface area contributed by atoms with Crippen LogP contribution < -0.4 is 5.32 Å². The van der Waals surface area contributed by atoms with E-state index in [9.17, 15) is 4.79 Å². The van der Waals surface area contributed by atoms with Gasteiger partial charge in [0.05, 0.1) is 5.41 Å². The molecule has 0 spiro atoms. The lowest BCUT2D eigenvalue weighted by atomic mass is 9.32. The van der Waals surface area contributed by atoms with E-state index in [2.05, 4.69) is 70.6 Å². The summed E-state index contributed by atoms with van der Waals surface area (Å²) in [6.07, 6.45) is 13.0. The number of hydrogen-bond donors (Lipinski definition) is 1. The maximum atomic E-state index is 14.7. The van der Waals surface area contributed by atoms with Gasteiger partial charge in [-0.3, -0.25) is 4.79 Å². The highest BCUT2D eigenvalue weighted by Gasteiger charge is 2.70. The molecule has 10 atom stereocenters. The van der Waals surface area contributed by atoms with E-state index in [0.717, 1.165) is 56.8 Å². The van der Waals surface area contributed by atoms with Gasteiger partial charge in [0.1, 0.15) is 0 Å². The summed E-state index contributed by atoms with van der Waals surface area (Å²) in [5, 5.41) is 3.97. The molecular formula is C35H61N3O. The van der Waals surface area contributed by atoms with Crippen molar-refractivity contribution < 1.29 is 4.79 Å². The minimum absolute atomic E-state index is 0.107. The number of piperazine rings is 1. The third kappa shape index (κ3) is 3.91. The summed E-state index contributed by atoms with van der Waals surface area (Å²) in [6.45, 7) is 23.4. The monoisotopic (exact) mass is 539 g/mol. The number of rotatable bonds is 1. The van der Waals surface area contributed by atoms with E-state index in [4.69, 9.17) is 0 Å². The number of carbonyl (C=O) groups is 1. The van der Waals surface area contributed by atoms with Gasteiger partial charge in [0.25, 0.3) is 0 Å². The zero-order valence-corrected chi connectivity index (χ0v) is 26.9. The van der Waals surface area contributed by atoms with Crippen LogP contribution in [-0.2, 0) is 4.79 Å². The summed E-state index contributed by atoms with van der Waals surface area (Å²) in [5.41, 5.74) is 1.27. The molecule has 1 amide bonds. The van der Waals surface area contributed by atoms with Crippen LogP contribution in [-0.4, -0.2) is 61.0 Å². The molecule has 0 unspecified atom stereocenters. The molecule has 6 fully saturated rings. The van der Waals surface area contributed by atoms with Crippen LogP contribution in [0.5, 0.6) is 0 Å². The predicted molar refractivity (Wildman–Crippen MR) is 161 cm³/mol. The molecule has 4 heteroatoms. The highest BCUT2D eigenvalue weighted by molar-refractivity contribution is 5.84. The van der Waals surface area contributed by atoms with Crippen LogP contribution in [0, 0.1) is 57.2 Å². The van der Waals surface area contributed by atoms with E-state index < -0.39 is 0 Å². The van der Waals surface area contributed by atoms with Gasteiger partial charge in [-0.1, -0.05) is 34.6 Å². The quantitative estimate of drug-likeness (QED) is 0.396. The molecule has 0 aromatic carbocycles. The van der Waals surface area contributed by atoms with Crippen LogP contribution in [0.3, 0.4) is 0 Å². The van der Waals surface area contributed by atoms with Crippen molar-refractivity contribution in [2.24, 2.45) is 57.2 Å². The first kappa shape index (κ1) is 28.5. The smallest absolute Gasteiger partial charge is 0.229 e. The van der Waals surface area contributed by atoms with E-state index in [-0.39, 0.29) is 11.0 Å². The molecule has 0 aromatic rings. The Balaban J connectivity index is 1.37. The fourth-order valence-electron chi connectivity index (χ4n) is 12.9. The van der Waals surface area contributed by atoms with Crippen molar-refractivity contribution in [2.75, 3.05) is 39.8 Å². The van der Waals surface area contributed by atoms with Crippen molar-refractivity contribution in [1.82, 2.24) is 15.1 Å². The van der Waals surface area contributed by atoms with Gasteiger partial charge in [-0.15, -0.1) is 0 Å². The number of hydrogen-bond acceptors (Lipinski definition) is 3. The summed E-state index contributed by atoms with van der Waals surface area (Å²) in [7, 11) is 2.21. The molecule has 0 bridgehead atoms. The molecule has 39 heavy (non-hydrogen) atoms. The van der Waals surface area contributed by atoms with E-state index >= 15 is 0 Å². The second-order valence-electron chi connectivity index (χ2n) is 17.1. The summed E-state index contributed by atoms with van der Waals surface area (Å²) < 4.78 is 0. The van der Waals surface area contributed by atoms with Gasteiger partial charge in [-0.05, 0) is 143 Å². The fourth-order valence-corrected chi connectivity index (χ4v) is 12.9. The van der Waals surface area contributed by atoms with Crippen LogP contribution in [0.25, 0.3) is 0 Å². The van der Waals surface area contributed by atoms with Crippen LogP contribution >= 0.6 is 0 Å². The number of carbonyl (C=O) groups excluding carboxylic acids is 1. The highest BCUT2D eigenvalue weighted by Crippen LogP contribution is 2.76. The molecule has 1 N–H and O–H groups in total. The molecule has 222 valence electrons. The Hall–Kier alpha value is -0.610. The Bertz CT molecular complexity index is 956. The molecule has 4 aliphatic carbocycles. The minimum atomic E-state index is -0.107. The number of nitrogens with zero attached hydrogens (tertiary/aromatic N) is 2. The molecule has 6 aliphatic rings. The molecule has 4 nitrogen and oxygen atoms in total. The molecule has 2 heterocycles. The molecule has 6 rings (SSSR count). The topological polar surface area (TPSA) is 35.6 Å². The first-order chi connectivity index (χ1) is 18.3. The predicted octanol–water partition coefficient (Wildman–Crippen LogP) is 6.84. The number of nitrogens with one attached hydrogen (secondary N) is 1. The maximum Gasteiger partial charge on any atom is 0.229 e. The van der Waals surface area contributed by atoms with Gasteiger partial charge in [0.2, 0.25) is 5.91 Å². The first-order valence-electron chi connectivity index (χ1n) is 17.0. The standard InChI is InChI=1S/C35H61N3O/c1-24-12-16-35(30(39)38-22-20-37(8)21-23-38)18-17-33(6)26(29(35)25(24)2)10-11-28-32(5)14-9-19-36-31(3,4)27(32)13-15-34(28,33)7/h24-29,36H,9-23H2,1-8H3/t24-,25+,26+,27-,28+,29-,32-,33+,34+,35-/m0/s1. The van der Waals surface area contributed by atoms with Crippen molar-refractivity contribution in [2.45, 2.75) is 118 Å². The second-order valence-corrected chi connectivity index (χ2v) is 17.1. The number of fused-ring (bicyclic) bond motifs is 7. The van der Waals surface area contributed by atoms with Crippen LogP contribution in [0.2, 0.25) is 0 Å². The van der Waals surface area contributed by atoms with Gasteiger partial charge in [0.15, 0.2) is 0 Å². The molecule has 4 saturated carbocycles. The summed E-state index contributed by atoms with van der Waals surface area (Å²) >= 11 is 0. The molecule has 2 aliphatic heterocycles. The summed E-state index contributed by atoms with van der Waals surface area (Å²) in [4.78, 5) is 19.4. The average Bonchev–Trinajstić information content (AvgIpc) is 3.01. The first-order valence-corrected chi connectivity index (χ1v) is 17.0. The van der Waals surface area contributed by atoms with Gasteiger partial charge in [-0.2, -0.15) is 0 Å². The van der Waals surface area contributed by atoms with E-state index in [1.807, 2.05) is 0 Å². The SMILES string of the molecule is C[C@H]1[C@H]2[C@H]3CC[C@@H]4[C@@]5(C)CCCNC(C)(C)[C@@H]5CC[C@@]4(C)[C@]3(C)CC[C@@]2(C(=O)N2CCN(C)CC2)CC[C@@H]1C. The second kappa shape index (κ2) is 9.45. The lowest BCUT2D eigenvalue weighted by molar-refractivity contribution is -0.239. The lowest BCUT2D eigenvalue weighted by Crippen LogP contribution is -2.68. The van der Waals surface area contributed by atoms with Crippen molar-refractivity contribution in [3.63, 3.8) is 0 Å². The fraction of sp³-hybridized carbons (Fsp3) is 0.971. The third-order valence-corrected chi connectivity index (χ3v) is 15.4. The van der Waals surface area contributed by atoms with E-state index in [0.29, 0.717) is 39.9 Å². The number of likely N-dealkylation sites (N-methyl/N-ethyl adjacent to an activating group) is 1. The highest BCUT2D eigenvalue weighted by atomic mass is 16.2. The van der Waals surface area contributed by atoms with Crippen LogP contribution in [0.15, 0.2) is 0 Å². The van der Waals surface area contributed by atoms with Crippen molar-refractivity contribution in [3.8, 4) is 0 Å². The van der Waals surface area contributed by atoms with Crippen molar-refractivity contribution >= 4 is 5.91 Å². The van der Waals surface area contributed by atoms with Gasteiger partial charge < -0.3 is 15.1 Å². The molecule has 0 radical (unpaired) electrons. The average molecular weight is 540 g/mol. The van der Waals surface area contributed by atoms with Gasteiger partial charge >= 0.3 is 0 Å². The van der Waals surface area contributed by atoms with E-state index in [1.54, 1.807) is 0 Å². The summed E-state index contributed by atoms with van der Waals surface area (Å²) in [5.74, 6) is 4.76.